The molecule has 1 N–H and O–H groups in total. The fourth-order valence-corrected chi connectivity index (χ4v) is 5.59. The van der Waals surface area contributed by atoms with Gasteiger partial charge in [-0.1, -0.05) is 65.7 Å². The molecule has 0 atom stereocenters. The lowest BCUT2D eigenvalue weighted by Crippen LogP contribution is -2.36. The first-order valence-electron chi connectivity index (χ1n) is 14.3. The molecule has 0 saturated carbocycles. The van der Waals surface area contributed by atoms with Crippen LogP contribution in [0, 0.1) is 13.8 Å². The van der Waals surface area contributed by atoms with Crippen molar-refractivity contribution in [1.29, 1.82) is 0 Å². The van der Waals surface area contributed by atoms with Gasteiger partial charge in [0.15, 0.2) is 0 Å². The van der Waals surface area contributed by atoms with Crippen molar-refractivity contribution in [3.05, 3.63) is 112 Å². The molecule has 5 rings (SSSR count). The highest BCUT2D eigenvalue weighted by molar-refractivity contribution is 6.34. The van der Waals surface area contributed by atoms with Gasteiger partial charge >= 0.3 is 5.97 Å². The summed E-state index contributed by atoms with van der Waals surface area (Å²) in [5.41, 5.74) is 6.03. The van der Waals surface area contributed by atoms with Gasteiger partial charge in [0, 0.05) is 24.1 Å². The van der Waals surface area contributed by atoms with E-state index >= 15 is 0 Å². The minimum absolute atomic E-state index is 0.0154. The summed E-state index contributed by atoms with van der Waals surface area (Å²) in [6, 6.07) is 25.1. The lowest BCUT2D eigenvalue weighted by atomic mass is 9.94. The van der Waals surface area contributed by atoms with Gasteiger partial charge < -0.3 is 15.0 Å². The molecule has 0 bridgehead atoms. The maximum Gasteiger partial charge on any atom is 0.326 e. The molecule has 1 aliphatic rings. The monoisotopic (exact) mass is 609 g/mol. The molecule has 8 nitrogen and oxygen atoms in total. The van der Waals surface area contributed by atoms with Crippen molar-refractivity contribution in [2.45, 2.75) is 27.2 Å². The molecule has 0 radical (unpaired) electrons. The van der Waals surface area contributed by atoms with E-state index in [2.05, 4.69) is 11.4 Å². The zero-order valence-corrected chi connectivity index (χ0v) is 25.5. The third-order valence-electron chi connectivity index (χ3n) is 7.46. The lowest BCUT2D eigenvalue weighted by molar-refractivity contribution is -0.142. The quantitative estimate of drug-likeness (QED) is 0.232. The Morgan fingerprint density at radius 2 is 1.61 bits per heavy atom. The van der Waals surface area contributed by atoms with Crippen molar-refractivity contribution in [1.82, 2.24) is 0 Å². The van der Waals surface area contributed by atoms with Crippen LogP contribution < -0.4 is 15.1 Å². The number of aryl methyl sites for hydroxylation is 2. The van der Waals surface area contributed by atoms with Crippen molar-refractivity contribution in [2.24, 2.45) is 0 Å². The Morgan fingerprint density at radius 3 is 2.34 bits per heavy atom. The normalized spacial score (nSPS) is 12.8. The first-order chi connectivity index (χ1) is 21.2. The maximum absolute atomic E-state index is 13.8. The summed E-state index contributed by atoms with van der Waals surface area (Å²) < 4.78 is 5.05. The van der Waals surface area contributed by atoms with Crippen LogP contribution >= 0.6 is 11.6 Å². The number of ether oxygens (including phenoxy) is 1. The first-order valence-corrected chi connectivity index (χ1v) is 14.7. The van der Waals surface area contributed by atoms with E-state index in [1.807, 2.05) is 44.2 Å². The summed E-state index contributed by atoms with van der Waals surface area (Å²) in [6.45, 7) is 5.79. The van der Waals surface area contributed by atoms with E-state index < -0.39 is 5.97 Å². The zero-order valence-electron chi connectivity index (χ0n) is 24.7. The Morgan fingerprint density at radius 1 is 0.886 bits per heavy atom. The number of anilines is 3. The van der Waals surface area contributed by atoms with Gasteiger partial charge in [0.2, 0.25) is 5.91 Å². The Hall–Kier alpha value is -4.95. The summed E-state index contributed by atoms with van der Waals surface area (Å²) in [6.07, 6.45) is 0.0154. The molecule has 0 aromatic heterocycles. The number of rotatable bonds is 7. The highest BCUT2D eigenvalue weighted by atomic mass is 35.5. The van der Waals surface area contributed by atoms with Crippen LogP contribution in [0.25, 0.3) is 11.1 Å². The van der Waals surface area contributed by atoms with E-state index in [1.54, 1.807) is 49.4 Å². The van der Waals surface area contributed by atoms with Crippen molar-refractivity contribution in [3.8, 4) is 11.1 Å². The Labute approximate surface area is 261 Å². The minimum atomic E-state index is -0.531. The minimum Gasteiger partial charge on any atom is -0.465 e. The van der Waals surface area contributed by atoms with Gasteiger partial charge in [-0.2, -0.15) is 0 Å². The fourth-order valence-electron chi connectivity index (χ4n) is 5.36. The lowest BCUT2D eigenvalue weighted by Gasteiger charge is -2.25. The molecule has 0 aliphatic carbocycles. The van der Waals surface area contributed by atoms with Crippen LogP contribution in [0.4, 0.5) is 17.1 Å². The summed E-state index contributed by atoms with van der Waals surface area (Å²) in [5, 5.41) is 3.08. The van der Waals surface area contributed by atoms with Crippen LogP contribution in [0.15, 0.2) is 84.9 Å². The molecule has 0 spiro atoms. The van der Waals surface area contributed by atoms with Gasteiger partial charge in [0.1, 0.15) is 6.54 Å². The number of fused-ring (bicyclic) bond motifs is 1. The standard InChI is InChI=1S/C35H32ClN3O5/c1-4-44-33(41)21-39-31-12-8-7-11-30(31)38(18-17-32(39)40)35(43)24-14-16-29(28(36)20-24)37-34(42)27-10-6-5-9-26(27)25-15-13-22(2)19-23(25)3/h5-16,19-20H,4,17-18,21H2,1-3H3,(H,37,42). The largest absolute Gasteiger partial charge is 0.465 e. The predicted octanol–water partition coefficient (Wildman–Crippen LogP) is 6.82. The fraction of sp³-hybridized carbons (Fsp3) is 0.200. The molecule has 1 heterocycles. The van der Waals surface area contributed by atoms with Crippen LogP contribution in [-0.2, 0) is 14.3 Å². The highest BCUT2D eigenvalue weighted by Gasteiger charge is 2.31. The van der Waals surface area contributed by atoms with Crippen molar-refractivity contribution in [2.75, 3.05) is 34.8 Å². The molecule has 4 aromatic carbocycles. The van der Waals surface area contributed by atoms with Crippen LogP contribution in [0.5, 0.6) is 0 Å². The SMILES string of the molecule is CCOC(=O)CN1C(=O)CCN(C(=O)c2ccc(NC(=O)c3ccccc3-c3ccc(C)cc3C)c(Cl)c2)c2ccccc21. The number of para-hydroxylation sites is 2. The highest BCUT2D eigenvalue weighted by Crippen LogP contribution is 2.35. The molecule has 4 aromatic rings. The van der Waals surface area contributed by atoms with Gasteiger partial charge in [-0.25, -0.2) is 0 Å². The molecular formula is C35H32ClN3O5. The van der Waals surface area contributed by atoms with Crippen molar-refractivity contribution < 1.29 is 23.9 Å². The van der Waals surface area contributed by atoms with E-state index in [1.165, 1.54) is 15.9 Å². The summed E-state index contributed by atoms with van der Waals surface area (Å²) in [5.74, 6) is -1.53. The summed E-state index contributed by atoms with van der Waals surface area (Å²) in [7, 11) is 0. The van der Waals surface area contributed by atoms with Crippen molar-refractivity contribution >= 4 is 52.4 Å². The first kappa shape index (κ1) is 30.5. The second-order valence-corrected chi connectivity index (χ2v) is 10.9. The number of hydrogen-bond acceptors (Lipinski definition) is 5. The topological polar surface area (TPSA) is 96.0 Å². The molecule has 1 aliphatic heterocycles. The molecule has 0 unspecified atom stereocenters. The second kappa shape index (κ2) is 13.1. The van der Waals surface area contributed by atoms with Gasteiger partial charge in [-0.3, -0.25) is 24.1 Å². The van der Waals surface area contributed by atoms with Crippen molar-refractivity contribution in [3.63, 3.8) is 0 Å². The number of nitrogens with zero attached hydrogens (tertiary/aromatic N) is 2. The molecule has 3 amide bonds. The third-order valence-corrected chi connectivity index (χ3v) is 7.77. The molecule has 44 heavy (non-hydrogen) atoms. The van der Waals surface area contributed by atoms with Crippen LogP contribution in [0.2, 0.25) is 5.02 Å². The van der Waals surface area contributed by atoms with Gasteiger partial charge in [0.25, 0.3) is 11.8 Å². The molecule has 0 saturated heterocycles. The van der Waals surface area contributed by atoms with E-state index in [4.69, 9.17) is 16.3 Å². The number of halogens is 1. The van der Waals surface area contributed by atoms with E-state index in [0.717, 1.165) is 22.3 Å². The van der Waals surface area contributed by atoms with Crippen LogP contribution in [0.3, 0.4) is 0 Å². The number of hydrogen-bond donors (Lipinski definition) is 1. The zero-order chi connectivity index (χ0) is 31.4. The number of benzene rings is 4. The maximum atomic E-state index is 13.8. The Kier molecular flexibility index (Phi) is 9.11. The Bertz CT molecular complexity index is 1770. The number of carbonyl (C=O) groups excluding carboxylic acids is 4. The molecule has 9 heteroatoms. The van der Waals surface area contributed by atoms with E-state index in [0.29, 0.717) is 22.6 Å². The number of nitrogens with one attached hydrogen (secondary N) is 1. The average Bonchev–Trinajstić information content (AvgIpc) is 3.14. The van der Waals surface area contributed by atoms with Gasteiger partial charge in [-0.05, 0) is 73.9 Å². The number of carbonyl (C=O) groups is 4. The average molecular weight is 610 g/mol. The second-order valence-electron chi connectivity index (χ2n) is 10.5. The molecule has 224 valence electrons. The predicted molar refractivity (Wildman–Crippen MR) is 172 cm³/mol. The van der Waals surface area contributed by atoms with Crippen LogP contribution in [0.1, 0.15) is 45.2 Å². The number of amides is 3. The van der Waals surface area contributed by atoms with Gasteiger partial charge in [0.05, 0.1) is 28.7 Å². The summed E-state index contributed by atoms with van der Waals surface area (Å²) >= 11 is 6.61. The smallest absolute Gasteiger partial charge is 0.326 e. The molecular weight excluding hydrogens is 578 g/mol. The molecule has 0 fully saturated rings. The van der Waals surface area contributed by atoms with E-state index in [9.17, 15) is 19.2 Å². The van der Waals surface area contributed by atoms with Crippen LogP contribution in [-0.4, -0.2) is 43.4 Å². The van der Waals surface area contributed by atoms with E-state index in [-0.39, 0.29) is 54.4 Å². The third kappa shape index (κ3) is 6.35. The van der Waals surface area contributed by atoms with Gasteiger partial charge in [-0.15, -0.1) is 0 Å². The number of esters is 1. The summed E-state index contributed by atoms with van der Waals surface area (Å²) in [4.78, 5) is 55.3. The Balaban J connectivity index is 1.39.